The van der Waals surface area contributed by atoms with Crippen molar-refractivity contribution in [1.29, 1.82) is 0 Å². The summed E-state index contributed by atoms with van der Waals surface area (Å²) in [6, 6.07) is 0. The zero-order valence-corrected chi connectivity index (χ0v) is 10.1. The van der Waals surface area contributed by atoms with Gasteiger partial charge in [-0.1, -0.05) is 13.8 Å². The summed E-state index contributed by atoms with van der Waals surface area (Å²) < 4.78 is 14.7. The smallest absolute Gasteiger partial charge is 0.462 e. The number of carbonyl (C=O) groups excluding carboxylic acids is 2. The van der Waals surface area contributed by atoms with Crippen molar-refractivity contribution in [1.82, 2.24) is 0 Å². The van der Waals surface area contributed by atoms with Crippen LogP contribution in [0.4, 0.5) is 4.79 Å². The maximum Gasteiger partial charge on any atom is 0.508 e. The van der Waals surface area contributed by atoms with E-state index in [9.17, 15) is 9.59 Å². The summed E-state index contributed by atoms with van der Waals surface area (Å²) in [7, 11) is 0. The van der Waals surface area contributed by atoms with E-state index in [2.05, 4.69) is 0 Å². The minimum absolute atomic E-state index is 0.00941. The summed E-state index contributed by atoms with van der Waals surface area (Å²) in [5.41, 5.74) is -0.892. The van der Waals surface area contributed by atoms with Crippen molar-refractivity contribution < 1.29 is 23.8 Å². The highest BCUT2D eigenvalue weighted by Crippen LogP contribution is 2.25. The number of ether oxygens (including phenoxy) is 3. The van der Waals surface area contributed by atoms with Gasteiger partial charge < -0.3 is 14.2 Å². The molecule has 0 amide bonds. The molecule has 0 N–H and O–H groups in total. The Bertz CT molecular complexity index is 274. The first kappa shape index (κ1) is 12.8. The highest BCUT2D eigenvalue weighted by atomic mass is 16.7. The van der Waals surface area contributed by atoms with Crippen molar-refractivity contribution in [3.63, 3.8) is 0 Å². The van der Waals surface area contributed by atoms with Crippen LogP contribution in [0.15, 0.2) is 0 Å². The molecule has 1 rings (SSSR count). The zero-order chi connectivity index (χ0) is 12.3. The molecule has 1 saturated heterocycles. The van der Waals surface area contributed by atoms with E-state index in [1.165, 1.54) is 0 Å². The summed E-state index contributed by atoms with van der Waals surface area (Å²) in [6.45, 7) is 7.46. The Kier molecular flexibility index (Phi) is 3.78. The average molecular weight is 230 g/mol. The minimum atomic E-state index is -0.892. The molecule has 0 saturated carbocycles. The van der Waals surface area contributed by atoms with Gasteiger partial charge in [0.15, 0.2) is 0 Å². The van der Waals surface area contributed by atoms with Crippen LogP contribution < -0.4 is 0 Å². The number of hydrogen-bond donors (Lipinski definition) is 0. The first-order chi connectivity index (χ1) is 7.35. The lowest BCUT2D eigenvalue weighted by atomic mass is 9.92. The number of carbonyl (C=O) groups is 2. The van der Waals surface area contributed by atoms with Gasteiger partial charge in [0.1, 0.15) is 24.7 Å². The molecule has 1 aliphatic rings. The molecule has 1 fully saturated rings. The molecule has 0 aromatic carbocycles. The Morgan fingerprint density at radius 3 is 2.25 bits per heavy atom. The lowest BCUT2D eigenvalue weighted by Crippen LogP contribution is -2.45. The van der Waals surface area contributed by atoms with E-state index in [0.717, 1.165) is 0 Å². The van der Waals surface area contributed by atoms with E-state index >= 15 is 0 Å². The maximum absolute atomic E-state index is 11.8. The van der Waals surface area contributed by atoms with Gasteiger partial charge in [0, 0.05) is 0 Å². The van der Waals surface area contributed by atoms with Crippen molar-refractivity contribution in [2.24, 2.45) is 11.3 Å². The highest BCUT2D eigenvalue weighted by molar-refractivity contribution is 5.78. The molecule has 5 heteroatoms. The van der Waals surface area contributed by atoms with Gasteiger partial charge >= 0.3 is 12.1 Å². The van der Waals surface area contributed by atoms with E-state index in [-0.39, 0.29) is 31.2 Å². The molecule has 0 radical (unpaired) electrons. The van der Waals surface area contributed by atoms with Gasteiger partial charge in [-0.25, -0.2) is 4.79 Å². The summed E-state index contributed by atoms with van der Waals surface area (Å²) >= 11 is 0. The van der Waals surface area contributed by atoms with E-state index in [4.69, 9.17) is 14.2 Å². The third-order valence-electron chi connectivity index (χ3n) is 2.74. The van der Waals surface area contributed by atoms with Crippen LogP contribution in [-0.2, 0) is 19.0 Å². The highest BCUT2D eigenvalue weighted by Gasteiger charge is 2.42. The van der Waals surface area contributed by atoms with E-state index in [0.29, 0.717) is 0 Å². The average Bonchev–Trinajstić information content (AvgIpc) is 2.22. The lowest BCUT2D eigenvalue weighted by Gasteiger charge is -2.31. The van der Waals surface area contributed by atoms with Gasteiger partial charge in [-0.2, -0.15) is 0 Å². The van der Waals surface area contributed by atoms with Crippen molar-refractivity contribution in [2.45, 2.75) is 33.8 Å². The Hall–Kier alpha value is -1.26. The molecule has 92 valence electrons. The topological polar surface area (TPSA) is 61.8 Å². The van der Waals surface area contributed by atoms with Crippen molar-refractivity contribution in [3.05, 3.63) is 0 Å². The first-order valence-corrected chi connectivity index (χ1v) is 5.36. The standard InChI is InChI=1S/C11H18O5/c1-7(2)8(3)16-9(12)11(4)5-14-10(13)15-6-11/h7-8H,5-6H2,1-4H3. The minimum Gasteiger partial charge on any atom is -0.462 e. The molecule has 16 heavy (non-hydrogen) atoms. The van der Waals surface area contributed by atoms with Crippen molar-refractivity contribution in [3.8, 4) is 0 Å². The quantitative estimate of drug-likeness (QED) is 0.691. The van der Waals surface area contributed by atoms with E-state index in [1.54, 1.807) is 6.92 Å². The van der Waals surface area contributed by atoms with Crippen LogP contribution in [0.1, 0.15) is 27.7 Å². The number of esters is 1. The molecular weight excluding hydrogens is 212 g/mol. The Labute approximate surface area is 95.0 Å². The summed E-state index contributed by atoms with van der Waals surface area (Å²) in [6.07, 6.45) is -0.899. The van der Waals surface area contributed by atoms with Crippen molar-refractivity contribution in [2.75, 3.05) is 13.2 Å². The van der Waals surface area contributed by atoms with E-state index < -0.39 is 11.6 Å². The van der Waals surface area contributed by atoms with Crippen LogP contribution in [0, 0.1) is 11.3 Å². The molecular formula is C11H18O5. The molecule has 0 aromatic rings. The van der Waals surface area contributed by atoms with Gasteiger partial charge in [0.2, 0.25) is 0 Å². The molecule has 0 spiro atoms. The van der Waals surface area contributed by atoms with Gasteiger partial charge in [0.05, 0.1) is 0 Å². The molecule has 1 heterocycles. The Morgan fingerprint density at radius 1 is 1.31 bits per heavy atom. The van der Waals surface area contributed by atoms with Crippen LogP contribution in [0.3, 0.4) is 0 Å². The molecule has 1 atom stereocenters. The summed E-state index contributed by atoms with van der Waals surface area (Å²) in [5.74, 6) is -0.138. The van der Waals surface area contributed by atoms with Gasteiger partial charge in [-0.15, -0.1) is 0 Å². The third kappa shape index (κ3) is 2.87. The normalized spacial score (nSPS) is 20.9. The summed E-state index contributed by atoms with van der Waals surface area (Å²) in [5, 5.41) is 0. The van der Waals surface area contributed by atoms with Crippen molar-refractivity contribution >= 4 is 12.1 Å². The second-order valence-corrected chi connectivity index (χ2v) is 4.74. The fourth-order valence-corrected chi connectivity index (χ4v) is 1.08. The zero-order valence-electron chi connectivity index (χ0n) is 10.1. The first-order valence-electron chi connectivity index (χ1n) is 5.36. The predicted octanol–water partition coefficient (Wildman–Crippen LogP) is 1.75. The third-order valence-corrected chi connectivity index (χ3v) is 2.74. The lowest BCUT2D eigenvalue weighted by molar-refractivity contribution is -0.172. The van der Waals surface area contributed by atoms with Crippen LogP contribution >= 0.6 is 0 Å². The molecule has 1 aliphatic heterocycles. The molecule has 0 bridgehead atoms. The number of hydrogen-bond acceptors (Lipinski definition) is 5. The Morgan fingerprint density at radius 2 is 1.81 bits per heavy atom. The molecule has 1 unspecified atom stereocenters. The van der Waals surface area contributed by atoms with Gasteiger partial charge in [-0.05, 0) is 19.8 Å². The SMILES string of the molecule is CC(C)C(C)OC(=O)C1(C)COC(=O)OC1. The number of rotatable bonds is 3. The monoisotopic (exact) mass is 230 g/mol. The van der Waals surface area contributed by atoms with Crippen LogP contribution in [0.5, 0.6) is 0 Å². The second-order valence-electron chi connectivity index (χ2n) is 4.74. The van der Waals surface area contributed by atoms with Crippen LogP contribution in [-0.4, -0.2) is 31.4 Å². The molecule has 0 aliphatic carbocycles. The van der Waals surface area contributed by atoms with Gasteiger partial charge in [-0.3, -0.25) is 4.79 Å². The van der Waals surface area contributed by atoms with Crippen LogP contribution in [0.2, 0.25) is 0 Å². The summed E-state index contributed by atoms with van der Waals surface area (Å²) in [4.78, 5) is 22.6. The van der Waals surface area contributed by atoms with E-state index in [1.807, 2.05) is 20.8 Å². The fraction of sp³-hybridized carbons (Fsp3) is 0.818. The second kappa shape index (κ2) is 4.72. The van der Waals surface area contributed by atoms with Gasteiger partial charge in [0.25, 0.3) is 0 Å². The largest absolute Gasteiger partial charge is 0.508 e. The predicted molar refractivity (Wildman–Crippen MR) is 55.8 cm³/mol. The maximum atomic E-state index is 11.8. The Balaban J connectivity index is 2.56. The molecule has 5 nitrogen and oxygen atoms in total. The molecule has 0 aromatic heterocycles. The van der Waals surface area contributed by atoms with Crippen LogP contribution in [0.25, 0.3) is 0 Å². The number of cyclic esters (lactones) is 2. The fourth-order valence-electron chi connectivity index (χ4n) is 1.08.